The molecule has 1 saturated heterocycles. The molecule has 0 bridgehead atoms. The van der Waals surface area contributed by atoms with Crippen LogP contribution in [0.2, 0.25) is 0 Å². The molecule has 1 atom stereocenters. The highest BCUT2D eigenvalue weighted by molar-refractivity contribution is 5.91. The lowest BCUT2D eigenvalue weighted by atomic mass is 9.89. The summed E-state index contributed by atoms with van der Waals surface area (Å²) in [6.45, 7) is 8.46. The molecule has 0 saturated carbocycles. The van der Waals surface area contributed by atoms with Gasteiger partial charge in [-0.15, -0.1) is 0 Å². The number of rotatable bonds is 5. The third kappa shape index (κ3) is 4.50. The number of piperidine rings is 1. The van der Waals surface area contributed by atoms with E-state index >= 15 is 0 Å². The van der Waals surface area contributed by atoms with Crippen molar-refractivity contribution in [1.82, 2.24) is 9.88 Å². The molecule has 1 fully saturated rings. The summed E-state index contributed by atoms with van der Waals surface area (Å²) in [6, 6.07) is 15.0. The minimum absolute atomic E-state index is 0.0675. The van der Waals surface area contributed by atoms with Crippen molar-refractivity contribution in [2.75, 3.05) is 18.4 Å². The Labute approximate surface area is 156 Å². The highest BCUT2D eigenvalue weighted by atomic mass is 16.1. The Kier molecular flexibility index (Phi) is 6.04. The summed E-state index contributed by atoms with van der Waals surface area (Å²) >= 11 is 0. The van der Waals surface area contributed by atoms with Crippen LogP contribution < -0.4 is 5.32 Å². The first-order chi connectivity index (χ1) is 12.5. The summed E-state index contributed by atoms with van der Waals surface area (Å²) in [4.78, 5) is 19.4. The molecule has 138 valence electrons. The first kappa shape index (κ1) is 18.6. The van der Waals surface area contributed by atoms with Gasteiger partial charge in [0.1, 0.15) is 5.82 Å². The van der Waals surface area contributed by atoms with Crippen LogP contribution >= 0.6 is 0 Å². The molecule has 1 amide bonds. The van der Waals surface area contributed by atoms with Gasteiger partial charge in [-0.25, -0.2) is 4.98 Å². The van der Waals surface area contributed by atoms with Crippen molar-refractivity contribution >= 4 is 11.7 Å². The molecule has 2 heterocycles. The normalized spacial score (nSPS) is 17.2. The summed E-state index contributed by atoms with van der Waals surface area (Å²) in [5, 5.41) is 2.97. The monoisotopic (exact) mass is 351 g/mol. The van der Waals surface area contributed by atoms with Crippen LogP contribution in [0, 0.1) is 18.8 Å². The lowest BCUT2D eigenvalue weighted by Gasteiger charge is -2.39. The van der Waals surface area contributed by atoms with E-state index < -0.39 is 0 Å². The molecular formula is C22H29N3O. The maximum Gasteiger partial charge on any atom is 0.228 e. The number of nitrogens with zero attached hydrogens (tertiary/aromatic N) is 2. The lowest BCUT2D eigenvalue weighted by Crippen LogP contribution is -2.41. The largest absolute Gasteiger partial charge is 0.310 e. The molecule has 26 heavy (non-hydrogen) atoms. The van der Waals surface area contributed by atoms with Crippen LogP contribution in [0.25, 0.3) is 0 Å². The summed E-state index contributed by atoms with van der Waals surface area (Å²) < 4.78 is 0. The Morgan fingerprint density at radius 1 is 1.12 bits per heavy atom. The van der Waals surface area contributed by atoms with Crippen molar-refractivity contribution in [2.45, 2.75) is 39.7 Å². The Bertz CT molecular complexity index is 704. The number of amides is 1. The molecule has 2 aromatic rings. The van der Waals surface area contributed by atoms with E-state index in [4.69, 9.17) is 0 Å². The fraction of sp³-hybridized carbons (Fsp3) is 0.455. The van der Waals surface area contributed by atoms with Gasteiger partial charge in [0.05, 0.1) is 0 Å². The van der Waals surface area contributed by atoms with Crippen LogP contribution in [0.1, 0.15) is 43.9 Å². The van der Waals surface area contributed by atoms with E-state index in [1.807, 2.05) is 19.1 Å². The van der Waals surface area contributed by atoms with Crippen LogP contribution in [0.4, 0.5) is 5.82 Å². The van der Waals surface area contributed by atoms with Gasteiger partial charge >= 0.3 is 0 Å². The summed E-state index contributed by atoms with van der Waals surface area (Å²) in [7, 11) is 0. The second kappa shape index (κ2) is 8.45. The van der Waals surface area contributed by atoms with E-state index in [2.05, 4.69) is 59.4 Å². The Morgan fingerprint density at radius 3 is 2.38 bits per heavy atom. The van der Waals surface area contributed by atoms with Crippen molar-refractivity contribution in [3.8, 4) is 0 Å². The number of aryl methyl sites for hydroxylation is 1. The molecule has 1 unspecified atom stereocenters. The smallest absolute Gasteiger partial charge is 0.228 e. The van der Waals surface area contributed by atoms with Gasteiger partial charge < -0.3 is 5.32 Å². The van der Waals surface area contributed by atoms with Gasteiger partial charge in [-0.3, -0.25) is 9.69 Å². The quantitative estimate of drug-likeness (QED) is 0.866. The average molecular weight is 351 g/mol. The Hall–Kier alpha value is -2.20. The maximum atomic E-state index is 12.6. The van der Waals surface area contributed by atoms with Gasteiger partial charge in [-0.2, -0.15) is 0 Å². The molecule has 0 radical (unpaired) electrons. The van der Waals surface area contributed by atoms with Crippen molar-refractivity contribution < 1.29 is 4.79 Å². The number of carbonyl (C=O) groups is 1. The summed E-state index contributed by atoms with van der Waals surface area (Å²) in [5.41, 5.74) is 2.46. The zero-order valence-electron chi connectivity index (χ0n) is 16.0. The molecule has 1 aliphatic rings. The standard InChI is InChI=1S/C22H29N3O/c1-16(2)21(18-7-5-4-6-8-18)25-13-11-19(12-14-25)22(26)24-20-10-9-17(3)15-23-20/h4-10,15-16,19,21H,11-14H2,1-3H3,(H,23,24,26). The molecular weight excluding hydrogens is 322 g/mol. The number of carbonyl (C=O) groups excluding carboxylic acids is 1. The van der Waals surface area contributed by atoms with E-state index in [-0.39, 0.29) is 11.8 Å². The van der Waals surface area contributed by atoms with E-state index in [1.54, 1.807) is 6.20 Å². The first-order valence-electron chi connectivity index (χ1n) is 9.57. The minimum atomic E-state index is 0.0675. The van der Waals surface area contributed by atoms with Gasteiger partial charge in [0.2, 0.25) is 5.91 Å². The number of nitrogens with one attached hydrogen (secondary N) is 1. The molecule has 1 aromatic heterocycles. The second-order valence-corrected chi connectivity index (χ2v) is 7.62. The maximum absolute atomic E-state index is 12.6. The number of likely N-dealkylation sites (tertiary alicyclic amines) is 1. The number of hydrogen-bond acceptors (Lipinski definition) is 3. The molecule has 0 aliphatic carbocycles. The number of benzene rings is 1. The molecule has 0 spiro atoms. The van der Waals surface area contributed by atoms with Crippen LogP contribution in [-0.4, -0.2) is 28.9 Å². The topological polar surface area (TPSA) is 45.2 Å². The predicted octanol–water partition coefficient (Wildman–Crippen LogP) is 4.44. The predicted molar refractivity (Wildman–Crippen MR) is 106 cm³/mol. The molecule has 3 rings (SSSR count). The zero-order chi connectivity index (χ0) is 18.5. The van der Waals surface area contributed by atoms with Gasteiger partial charge in [0.25, 0.3) is 0 Å². The fourth-order valence-corrected chi connectivity index (χ4v) is 3.88. The van der Waals surface area contributed by atoms with Crippen LogP contribution in [-0.2, 0) is 4.79 Å². The Balaban J connectivity index is 1.59. The number of hydrogen-bond donors (Lipinski definition) is 1. The van der Waals surface area contributed by atoms with Gasteiger partial charge in [0, 0.05) is 18.2 Å². The zero-order valence-corrected chi connectivity index (χ0v) is 16.0. The van der Waals surface area contributed by atoms with E-state index in [9.17, 15) is 4.79 Å². The van der Waals surface area contributed by atoms with Gasteiger partial charge in [0.15, 0.2) is 0 Å². The fourth-order valence-electron chi connectivity index (χ4n) is 3.88. The van der Waals surface area contributed by atoms with Crippen LogP contribution in [0.3, 0.4) is 0 Å². The average Bonchev–Trinajstić information content (AvgIpc) is 2.65. The first-order valence-corrected chi connectivity index (χ1v) is 9.57. The van der Waals surface area contributed by atoms with Crippen molar-refractivity contribution in [3.63, 3.8) is 0 Å². The number of anilines is 1. The number of pyridine rings is 1. The Morgan fingerprint density at radius 2 is 1.81 bits per heavy atom. The second-order valence-electron chi connectivity index (χ2n) is 7.62. The lowest BCUT2D eigenvalue weighted by molar-refractivity contribution is -0.121. The van der Waals surface area contributed by atoms with Crippen molar-refractivity contribution in [2.24, 2.45) is 11.8 Å². The van der Waals surface area contributed by atoms with Crippen molar-refractivity contribution in [3.05, 3.63) is 59.8 Å². The van der Waals surface area contributed by atoms with E-state index in [0.717, 1.165) is 31.5 Å². The molecule has 1 aromatic carbocycles. The highest BCUT2D eigenvalue weighted by Crippen LogP contribution is 2.32. The molecule has 1 aliphatic heterocycles. The molecule has 4 heteroatoms. The summed E-state index contributed by atoms with van der Waals surface area (Å²) in [6.07, 6.45) is 3.58. The third-order valence-electron chi connectivity index (χ3n) is 5.23. The summed E-state index contributed by atoms with van der Waals surface area (Å²) in [5.74, 6) is 1.35. The molecule has 4 nitrogen and oxygen atoms in total. The molecule has 1 N–H and O–H groups in total. The van der Waals surface area contributed by atoms with Gasteiger partial charge in [-0.05, 0) is 56.0 Å². The number of aromatic nitrogens is 1. The third-order valence-corrected chi connectivity index (χ3v) is 5.23. The van der Waals surface area contributed by atoms with E-state index in [1.165, 1.54) is 5.56 Å². The van der Waals surface area contributed by atoms with Gasteiger partial charge in [-0.1, -0.05) is 50.2 Å². The van der Waals surface area contributed by atoms with Crippen LogP contribution in [0.15, 0.2) is 48.7 Å². The SMILES string of the molecule is Cc1ccc(NC(=O)C2CCN(C(c3ccccc3)C(C)C)CC2)nc1. The van der Waals surface area contributed by atoms with E-state index in [0.29, 0.717) is 17.8 Å². The highest BCUT2D eigenvalue weighted by Gasteiger charge is 2.30. The minimum Gasteiger partial charge on any atom is -0.310 e. The van der Waals surface area contributed by atoms with Crippen LogP contribution in [0.5, 0.6) is 0 Å². The van der Waals surface area contributed by atoms with Crippen molar-refractivity contribution in [1.29, 1.82) is 0 Å².